The van der Waals surface area contributed by atoms with Crippen molar-refractivity contribution in [1.82, 2.24) is 9.97 Å². The van der Waals surface area contributed by atoms with Crippen molar-refractivity contribution < 1.29 is 9.66 Å². The Bertz CT molecular complexity index is 616. The van der Waals surface area contributed by atoms with Crippen LogP contribution in [0.5, 0.6) is 11.6 Å². The largest absolute Gasteiger partial charge is 0.430 e. The first-order valence-electron chi connectivity index (χ1n) is 5.53. The van der Waals surface area contributed by atoms with Gasteiger partial charge in [-0.1, -0.05) is 6.07 Å². The van der Waals surface area contributed by atoms with Gasteiger partial charge in [0.05, 0.1) is 17.3 Å². The number of aromatic nitrogens is 2. The smallest absolute Gasteiger partial charge is 0.311 e. The fourth-order valence-corrected chi connectivity index (χ4v) is 1.49. The number of anilines is 1. The molecule has 7 heteroatoms. The lowest BCUT2D eigenvalue weighted by molar-refractivity contribution is -0.385. The third-order valence-corrected chi connectivity index (χ3v) is 2.39. The van der Waals surface area contributed by atoms with Gasteiger partial charge in [-0.25, -0.2) is 0 Å². The Balaban J connectivity index is 2.34. The number of hydrogen-bond acceptors (Lipinski definition) is 6. The summed E-state index contributed by atoms with van der Waals surface area (Å²) in [6, 6.07) is 4.73. The van der Waals surface area contributed by atoms with Crippen LogP contribution in [0.25, 0.3) is 0 Å². The maximum absolute atomic E-state index is 11.0. The summed E-state index contributed by atoms with van der Waals surface area (Å²) in [6.07, 6.45) is 2.92. The second-order valence-electron chi connectivity index (χ2n) is 3.82. The third-order valence-electron chi connectivity index (χ3n) is 2.39. The van der Waals surface area contributed by atoms with Gasteiger partial charge in [0.1, 0.15) is 5.82 Å². The van der Waals surface area contributed by atoms with Crippen LogP contribution in [0.2, 0.25) is 0 Å². The van der Waals surface area contributed by atoms with Crippen LogP contribution in [0.3, 0.4) is 0 Å². The molecule has 1 aromatic carbocycles. The molecule has 98 valence electrons. The van der Waals surface area contributed by atoms with E-state index in [0.717, 1.165) is 5.56 Å². The van der Waals surface area contributed by atoms with Crippen molar-refractivity contribution >= 4 is 11.5 Å². The highest BCUT2D eigenvalue weighted by Crippen LogP contribution is 2.31. The van der Waals surface area contributed by atoms with Crippen molar-refractivity contribution in [2.45, 2.75) is 6.92 Å². The second-order valence-corrected chi connectivity index (χ2v) is 3.82. The zero-order valence-corrected chi connectivity index (χ0v) is 10.5. The standard InChI is InChI=1S/C12H12N4O3/c1-8-3-4-10(9(5-8)16(17)18)19-12-7-14-6-11(13-2)15-12/h3-7H,1-2H3,(H,13,15). The molecule has 0 bridgehead atoms. The fraction of sp³-hybridized carbons (Fsp3) is 0.167. The minimum atomic E-state index is -0.488. The number of nitro groups is 1. The average Bonchev–Trinajstić information content (AvgIpc) is 2.41. The van der Waals surface area contributed by atoms with E-state index in [9.17, 15) is 10.1 Å². The zero-order chi connectivity index (χ0) is 13.8. The van der Waals surface area contributed by atoms with Crippen molar-refractivity contribution in [3.63, 3.8) is 0 Å². The second kappa shape index (κ2) is 5.30. The monoisotopic (exact) mass is 260 g/mol. The van der Waals surface area contributed by atoms with Crippen LogP contribution in [0.1, 0.15) is 5.56 Å². The van der Waals surface area contributed by atoms with E-state index < -0.39 is 4.92 Å². The van der Waals surface area contributed by atoms with Crippen LogP contribution in [0.4, 0.5) is 11.5 Å². The van der Waals surface area contributed by atoms with Gasteiger partial charge in [-0.2, -0.15) is 4.98 Å². The summed E-state index contributed by atoms with van der Waals surface area (Å²) in [5, 5.41) is 13.8. The number of nitro benzene ring substituents is 1. The highest BCUT2D eigenvalue weighted by Gasteiger charge is 2.16. The number of benzene rings is 1. The van der Waals surface area contributed by atoms with Crippen molar-refractivity contribution in [2.24, 2.45) is 0 Å². The Labute approximate surface area is 109 Å². The maximum Gasteiger partial charge on any atom is 0.311 e. The van der Waals surface area contributed by atoms with Gasteiger partial charge in [-0.05, 0) is 18.6 Å². The molecule has 0 fully saturated rings. The SMILES string of the molecule is CNc1cncc(Oc2ccc(C)cc2[N+](=O)[O-])n1. The molecule has 2 aromatic rings. The molecular formula is C12H12N4O3. The molecule has 0 saturated heterocycles. The first-order valence-corrected chi connectivity index (χ1v) is 5.53. The normalized spacial score (nSPS) is 10.0. The molecule has 0 aliphatic heterocycles. The van der Waals surface area contributed by atoms with Crippen LogP contribution < -0.4 is 10.1 Å². The summed E-state index contributed by atoms with van der Waals surface area (Å²) in [4.78, 5) is 18.5. The van der Waals surface area contributed by atoms with E-state index in [1.54, 1.807) is 26.1 Å². The maximum atomic E-state index is 11.0. The minimum absolute atomic E-state index is 0.100. The number of hydrogen-bond donors (Lipinski definition) is 1. The molecule has 2 rings (SSSR count). The average molecular weight is 260 g/mol. The van der Waals surface area contributed by atoms with E-state index in [4.69, 9.17) is 4.74 Å². The summed E-state index contributed by atoms with van der Waals surface area (Å²) >= 11 is 0. The molecule has 0 atom stereocenters. The number of nitrogens with zero attached hydrogens (tertiary/aromatic N) is 3. The van der Waals surface area contributed by atoms with Gasteiger partial charge in [-0.3, -0.25) is 15.1 Å². The van der Waals surface area contributed by atoms with E-state index in [1.165, 1.54) is 18.5 Å². The molecule has 7 nitrogen and oxygen atoms in total. The summed E-state index contributed by atoms with van der Waals surface area (Å²) in [5.41, 5.74) is 0.686. The van der Waals surface area contributed by atoms with Crippen LogP contribution in [0, 0.1) is 17.0 Å². The number of rotatable bonds is 4. The molecule has 0 saturated carbocycles. The molecule has 0 aliphatic carbocycles. The fourth-order valence-electron chi connectivity index (χ4n) is 1.49. The molecule has 1 N–H and O–H groups in total. The summed E-state index contributed by atoms with van der Waals surface area (Å²) in [5.74, 6) is 0.851. The summed E-state index contributed by atoms with van der Waals surface area (Å²) in [6.45, 7) is 1.78. The topological polar surface area (TPSA) is 90.2 Å². The van der Waals surface area contributed by atoms with Crippen LogP contribution in [0.15, 0.2) is 30.6 Å². The predicted molar refractivity (Wildman–Crippen MR) is 69.5 cm³/mol. The molecular weight excluding hydrogens is 248 g/mol. The van der Waals surface area contributed by atoms with E-state index in [2.05, 4.69) is 15.3 Å². The Kier molecular flexibility index (Phi) is 3.56. The van der Waals surface area contributed by atoms with E-state index in [-0.39, 0.29) is 17.3 Å². The van der Waals surface area contributed by atoms with Crippen LogP contribution in [-0.4, -0.2) is 21.9 Å². The Morgan fingerprint density at radius 3 is 2.84 bits per heavy atom. The first kappa shape index (κ1) is 12.7. The van der Waals surface area contributed by atoms with Crippen molar-refractivity contribution in [3.05, 3.63) is 46.3 Å². The lowest BCUT2D eigenvalue weighted by Gasteiger charge is -2.06. The first-order chi connectivity index (χ1) is 9.10. The predicted octanol–water partition coefficient (Wildman–Crippen LogP) is 2.53. The molecule has 0 amide bonds. The lowest BCUT2D eigenvalue weighted by atomic mass is 10.2. The van der Waals surface area contributed by atoms with Gasteiger partial charge in [0.2, 0.25) is 11.6 Å². The van der Waals surface area contributed by atoms with Gasteiger partial charge < -0.3 is 10.1 Å². The highest BCUT2D eigenvalue weighted by atomic mass is 16.6. The molecule has 19 heavy (non-hydrogen) atoms. The molecule has 0 spiro atoms. The molecule has 0 radical (unpaired) electrons. The van der Waals surface area contributed by atoms with Gasteiger partial charge in [0.25, 0.3) is 0 Å². The molecule has 0 unspecified atom stereocenters. The van der Waals surface area contributed by atoms with Gasteiger partial charge in [0, 0.05) is 13.1 Å². The summed E-state index contributed by atoms with van der Waals surface area (Å²) < 4.78 is 5.41. The summed E-state index contributed by atoms with van der Waals surface area (Å²) in [7, 11) is 1.70. The highest BCUT2D eigenvalue weighted by molar-refractivity contribution is 5.50. The Morgan fingerprint density at radius 1 is 1.37 bits per heavy atom. The van der Waals surface area contributed by atoms with Gasteiger partial charge in [0.15, 0.2) is 0 Å². The van der Waals surface area contributed by atoms with Crippen molar-refractivity contribution in [3.8, 4) is 11.6 Å². The quantitative estimate of drug-likeness (QED) is 0.671. The van der Waals surface area contributed by atoms with E-state index in [1.807, 2.05) is 0 Å². The molecule has 1 heterocycles. The Morgan fingerprint density at radius 2 is 2.16 bits per heavy atom. The van der Waals surface area contributed by atoms with E-state index >= 15 is 0 Å². The number of nitrogens with one attached hydrogen (secondary N) is 1. The van der Waals surface area contributed by atoms with Gasteiger partial charge >= 0.3 is 5.69 Å². The minimum Gasteiger partial charge on any atom is -0.430 e. The van der Waals surface area contributed by atoms with Crippen LogP contribution >= 0.6 is 0 Å². The third kappa shape index (κ3) is 2.95. The molecule has 1 aromatic heterocycles. The van der Waals surface area contributed by atoms with E-state index in [0.29, 0.717) is 5.82 Å². The zero-order valence-electron chi connectivity index (χ0n) is 10.5. The lowest BCUT2D eigenvalue weighted by Crippen LogP contribution is -1.98. The molecule has 0 aliphatic rings. The number of aryl methyl sites for hydroxylation is 1. The van der Waals surface area contributed by atoms with Gasteiger partial charge in [-0.15, -0.1) is 0 Å². The van der Waals surface area contributed by atoms with Crippen molar-refractivity contribution in [2.75, 3.05) is 12.4 Å². The Hall–Kier alpha value is -2.70. The number of ether oxygens (including phenoxy) is 1. The van der Waals surface area contributed by atoms with Crippen molar-refractivity contribution in [1.29, 1.82) is 0 Å². The van der Waals surface area contributed by atoms with Crippen LogP contribution in [-0.2, 0) is 0 Å².